The quantitative estimate of drug-likeness (QED) is 0.449. The molecule has 0 aliphatic carbocycles. The van der Waals surface area contributed by atoms with E-state index in [-0.39, 0.29) is 0 Å². The van der Waals surface area contributed by atoms with Crippen LogP contribution in [0.2, 0.25) is 0 Å². The average Bonchev–Trinajstić information content (AvgIpc) is 2.34. The van der Waals surface area contributed by atoms with Gasteiger partial charge >= 0.3 is 7.80 Å². The van der Waals surface area contributed by atoms with Crippen LogP contribution in [-0.2, 0) is 4.57 Å². The Balaban J connectivity index is 4.47. The van der Waals surface area contributed by atoms with Gasteiger partial charge in [0.15, 0.2) is 11.5 Å². The van der Waals surface area contributed by atoms with Crippen LogP contribution in [0.1, 0.15) is 13.8 Å². The number of hydrogen-bond acceptors (Lipinski definition) is 1. The van der Waals surface area contributed by atoms with Gasteiger partial charge in [0.05, 0.1) is 0 Å². The van der Waals surface area contributed by atoms with Crippen molar-refractivity contribution >= 4 is 7.80 Å². The van der Waals surface area contributed by atoms with Gasteiger partial charge in [-0.3, -0.25) is 0 Å². The Bertz CT molecular complexity index is 395. The minimum Gasteiger partial charge on any atom is -0.0991 e. The van der Waals surface area contributed by atoms with E-state index in [1.165, 1.54) is 0 Å². The fourth-order valence-corrected chi connectivity index (χ4v) is 2.14. The highest BCUT2D eigenvalue weighted by molar-refractivity contribution is 7.50. The Kier molecular flexibility index (Phi) is 8.91. The monoisotopic (exact) mass is 247 g/mol. The first-order valence-electron chi connectivity index (χ1n) is 5.53. The van der Waals surface area contributed by atoms with Gasteiger partial charge in [0.2, 0.25) is 0 Å². The molecule has 0 rings (SSSR count). The van der Waals surface area contributed by atoms with Crippen molar-refractivity contribution in [3.05, 3.63) is 72.7 Å². The molecule has 0 N–H and O–H groups in total. The zero-order chi connectivity index (χ0) is 13.1. The summed E-state index contributed by atoms with van der Waals surface area (Å²) in [4.78, 5) is 0. The van der Waals surface area contributed by atoms with E-state index in [9.17, 15) is 4.57 Å². The highest BCUT2D eigenvalue weighted by Crippen LogP contribution is 2.34. The Morgan fingerprint density at radius 1 is 1.18 bits per heavy atom. The van der Waals surface area contributed by atoms with Crippen molar-refractivity contribution in [3.63, 3.8) is 0 Å². The van der Waals surface area contributed by atoms with Gasteiger partial charge < -0.3 is 0 Å². The largest absolute Gasteiger partial charge is 0.380 e. The van der Waals surface area contributed by atoms with Crippen molar-refractivity contribution in [1.82, 2.24) is 0 Å². The zero-order valence-electron chi connectivity index (χ0n) is 10.6. The lowest BCUT2D eigenvalue weighted by Gasteiger charge is -1.91. The molecule has 2 heteroatoms. The molecule has 0 aromatic heterocycles. The minimum atomic E-state index is -1.44. The first kappa shape index (κ1) is 15.5. The van der Waals surface area contributed by atoms with Crippen LogP contribution in [0.3, 0.4) is 0 Å². The summed E-state index contributed by atoms with van der Waals surface area (Å²) in [6, 6.07) is 0. The average molecular weight is 247 g/mol. The van der Waals surface area contributed by atoms with E-state index in [4.69, 9.17) is 0 Å². The van der Waals surface area contributed by atoms with Gasteiger partial charge in [0, 0.05) is 0 Å². The number of hydrogen-bond donors (Lipinski definition) is 0. The van der Waals surface area contributed by atoms with Gasteiger partial charge in [-0.05, 0) is 32.1 Å². The van der Waals surface area contributed by atoms with Crippen molar-refractivity contribution in [2.75, 3.05) is 6.16 Å². The van der Waals surface area contributed by atoms with Crippen LogP contribution in [0.4, 0.5) is 0 Å². The molecule has 0 bridgehead atoms. The summed E-state index contributed by atoms with van der Waals surface area (Å²) in [5, 5.41) is 0.671. The molecule has 1 atom stereocenters. The van der Waals surface area contributed by atoms with E-state index < -0.39 is 7.80 Å². The van der Waals surface area contributed by atoms with Crippen LogP contribution in [0.5, 0.6) is 0 Å². The fraction of sp³-hybridized carbons (Fsp3) is 0.200. The molecule has 0 aromatic rings. The van der Waals surface area contributed by atoms with Crippen molar-refractivity contribution in [2.24, 2.45) is 0 Å². The van der Waals surface area contributed by atoms with Crippen LogP contribution in [-0.4, -0.2) is 6.16 Å². The SMILES string of the molecule is C=C/C=C\C(=C/C)C[P+](=O)C(=C)/C=C\C=C/C. The molecule has 0 aliphatic heterocycles. The van der Waals surface area contributed by atoms with Gasteiger partial charge in [0.25, 0.3) is 0 Å². The molecule has 1 unspecified atom stereocenters. The van der Waals surface area contributed by atoms with Gasteiger partial charge in [-0.15, -0.1) is 0 Å². The van der Waals surface area contributed by atoms with Crippen LogP contribution >= 0.6 is 7.80 Å². The molecule has 0 heterocycles. The molecule has 0 amide bonds. The normalized spacial score (nSPS) is 13.8. The van der Waals surface area contributed by atoms with E-state index in [2.05, 4.69) is 13.2 Å². The topological polar surface area (TPSA) is 17.1 Å². The van der Waals surface area contributed by atoms with Gasteiger partial charge in [-0.1, -0.05) is 53.7 Å². The molecule has 0 saturated heterocycles. The van der Waals surface area contributed by atoms with Crippen LogP contribution in [0.25, 0.3) is 0 Å². The summed E-state index contributed by atoms with van der Waals surface area (Å²) in [7, 11) is -1.44. The second-order valence-electron chi connectivity index (χ2n) is 3.37. The van der Waals surface area contributed by atoms with Gasteiger partial charge in [-0.25, -0.2) is 0 Å². The lowest BCUT2D eigenvalue weighted by atomic mass is 10.2. The highest BCUT2D eigenvalue weighted by atomic mass is 31.1. The maximum absolute atomic E-state index is 11.9. The maximum Gasteiger partial charge on any atom is 0.380 e. The Hall–Kier alpha value is -1.46. The van der Waals surface area contributed by atoms with Crippen molar-refractivity contribution < 1.29 is 4.57 Å². The summed E-state index contributed by atoms with van der Waals surface area (Å²) in [6.07, 6.45) is 15.4. The zero-order valence-corrected chi connectivity index (χ0v) is 11.5. The first-order valence-corrected chi connectivity index (χ1v) is 6.97. The predicted octanol–water partition coefficient (Wildman–Crippen LogP) is 5.15. The maximum atomic E-state index is 11.9. The third-order valence-corrected chi connectivity index (χ3v) is 3.50. The standard InChI is InChI=1S/C15H20OP/c1-5-8-10-11-14(4)17(16)13-15(7-3)12-9-6-2/h5-12H,2,4,13H2,1,3H3/q+1/b8-5-,11-10-,12-9-,15-7+. The van der Waals surface area contributed by atoms with Gasteiger partial charge in [-0.2, -0.15) is 0 Å². The molecule has 0 saturated carbocycles. The second-order valence-corrected chi connectivity index (χ2v) is 5.02. The molecule has 0 spiro atoms. The molecular weight excluding hydrogens is 227 g/mol. The molecule has 17 heavy (non-hydrogen) atoms. The molecular formula is C15H20OP+. The molecule has 0 radical (unpaired) electrons. The molecule has 90 valence electrons. The molecule has 0 aromatic carbocycles. The summed E-state index contributed by atoms with van der Waals surface area (Å²) < 4.78 is 11.9. The van der Waals surface area contributed by atoms with Gasteiger partial charge in [0.1, 0.15) is 0 Å². The summed E-state index contributed by atoms with van der Waals surface area (Å²) in [5.41, 5.74) is 1.03. The van der Waals surface area contributed by atoms with E-state index in [0.717, 1.165) is 5.57 Å². The summed E-state index contributed by atoms with van der Waals surface area (Å²) in [6.45, 7) is 11.3. The lowest BCUT2D eigenvalue weighted by Crippen LogP contribution is -1.83. The lowest BCUT2D eigenvalue weighted by molar-refractivity contribution is 0.593. The Morgan fingerprint density at radius 2 is 1.88 bits per heavy atom. The molecule has 0 aliphatic rings. The third-order valence-electron chi connectivity index (χ3n) is 2.06. The Labute approximate surface area is 105 Å². The van der Waals surface area contributed by atoms with E-state index in [1.54, 1.807) is 12.2 Å². The number of rotatable bonds is 7. The van der Waals surface area contributed by atoms with Crippen LogP contribution < -0.4 is 0 Å². The minimum absolute atomic E-state index is 0.523. The highest BCUT2D eigenvalue weighted by Gasteiger charge is 2.19. The predicted molar refractivity (Wildman–Crippen MR) is 78.7 cm³/mol. The first-order chi connectivity index (χ1) is 8.15. The van der Waals surface area contributed by atoms with E-state index in [1.807, 2.05) is 50.3 Å². The summed E-state index contributed by atoms with van der Waals surface area (Å²) >= 11 is 0. The second kappa shape index (κ2) is 9.74. The number of allylic oxidation sites excluding steroid dienone is 10. The fourth-order valence-electron chi connectivity index (χ4n) is 1.06. The Morgan fingerprint density at radius 3 is 2.41 bits per heavy atom. The molecule has 0 fully saturated rings. The van der Waals surface area contributed by atoms with E-state index >= 15 is 0 Å². The molecule has 1 nitrogen and oxygen atoms in total. The van der Waals surface area contributed by atoms with Crippen LogP contribution in [0, 0.1) is 0 Å². The third kappa shape index (κ3) is 7.43. The smallest absolute Gasteiger partial charge is 0.0991 e. The van der Waals surface area contributed by atoms with Crippen molar-refractivity contribution in [1.29, 1.82) is 0 Å². The van der Waals surface area contributed by atoms with Crippen molar-refractivity contribution in [2.45, 2.75) is 13.8 Å². The van der Waals surface area contributed by atoms with E-state index in [0.29, 0.717) is 11.5 Å². The van der Waals surface area contributed by atoms with Crippen molar-refractivity contribution in [3.8, 4) is 0 Å². The van der Waals surface area contributed by atoms with Crippen LogP contribution in [0.15, 0.2) is 72.7 Å². The summed E-state index contributed by atoms with van der Waals surface area (Å²) in [5.74, 6) is 0.